The van der Waals surface area contributed by atoms with Crippen LogP contribution in [0.1, 0.15) is 17.2 Å². The van der Waals surface area contributed by atoms with Crippen LogP contribution in [0.2, 0.25) is 10.0 Å². The largest absolute Gasteiger partial charge is 0.271 e. The van der Waals surface area contributed by atoms with Gasteiger partial charge in [0.25, 0.3) is 0 Å². The molecule has 1 aromatic carbocycles. The topological polar surface area (TPSA) is 63.8 Å². The van der Waals surface area contributed by atoms with E-state index in [1.165, 1.54) is 6.33 Å². The number of benzene rings is 1. The average molecular weight is 283 g/mol. The van der Waals surface area contributed by atoms with Crippen molar-refractivity contribution in [3.05, 3.63) is 58.1 Å². The molecule has 0 amide bonds. The SMILES string of the molecule is NNC(Cc1ccc(Cl)cc1Cl)c1cncnc1. The summed E-state index contributed by atoms with van der Waals surface area (Å²) in [6.07, 6.45) is 5.56. The van der Waals surface area contributed by atoms with Crippen LogP contribution in [0.4, 0.5) is 0 Å². The number of rotatable bonds is 4. The van der Waals surface area contributed by atoms with Crippen LogP contribution in [0.25, 0.3) is 0 Å². The molecule has 0 radical (unpaired) electrons. The molecule has 0 saturated heterocycles. The predicted molar refractivity (Wildman–Crippen MR) is 72.3 cm³/mol. The van der Waals surface area contributed by atoms with Gasteiger partial charge < -0.3 is 0 Å². The number of hydrazine groups is 1. The van der Waals surface area contributed by atoms with E-state index in [9.17, 15) is 0 Å². The van der Waals surface area contributed by atoms with E-state index in [1.807, 2.05) is 6.07 Å². The maximum absolute atomic E-state index is 6.13. The molecule has 1 aromatic heterocycles. The van der Waals surface area contributed by atoms with Gasteiger partial charge in [-0.1, -0.05) is 29.3 Å². The molecular weight excluding hydrogens is 271 g/mol. The molecule has 0 bridgehead atoms. The Kier molecular flexibility index (Phi) is 4.49. The maximum atomic E-state index is 6.13. The van der Waals surface area contributed by atoms with Gasteiger partial charge in [-0.2, -0.15) is 0 Å². The summed E-state index contributed by atoms with van der Waals surface area (Å²) in [6.45, 7) is 0. The van der Waals surface area contributed by atoms with Crippen LogP contribution < -0.4 is 11.3 Å². The van der Waals surface area contributed by atoms with Gasteiger partial charge in [0.05, 0.1) is 6.04 Å². The summed E-state index contributed by atoms with van der Waals surface area (Å²) in [6, 6.07) is 5.31. The summed E-state index contributed by atoms with van der Waals surface area (Å²) in [5.74, 6) is 5.56. The summed E-state index contributed by atoms with van der Waals surface area (Å²) in [7, 11) is 0. The van der Waals surface area contributed by atoms with E-state index in [-0.39, 0.29) is 6.04 Å². The molecule has 0 aliphatic carbocycles. The predicted octanol–water partition coefficient (Wildman–Crippen LogP) is 2.53. The summed E-state index contributed by atoms with van der Waals surface area (Å²) in [5.41, 5.74) is 4.61. The Balaban J connectivity index is 2.21. The molecule has 4 nitrogen and oxygen atoms in total. The Labute approximate surface area is 115 Å². The van der Waals surface area contributed by atoms with E-state index in [0.717, 1.165) is 11.1 Å². The molecule has 1 atom stereocenters. The molecule has 94 valence electrons. The Hall–Kier alpha value is -1.20. The molecule has 2 rings (SSSR count). The molecule has 18 heavy (non-hydrogen) atoms. The molecule has 0 spiro atoms. The van der Waals surface area contributed by atoms with Crippen LogP contribution in [0, 0.1) is 0 Å². The normalized spacial score (nSPS) is 12.4. The molecule has 2 aromatic rings. The van der Waals surface area contributed by atoms with E-state index in [4.69, 9.17) is 29.0 Å². The lowest BCUT2D eigenvalue weighted by Gasteiger charge is -2.16. The van der Waals surface area contributed by atoms with Crippen molar-refractivity contribution in [3.63, 3.8) is 0 Å². The summed E-state index contributed by atoms with van der Waals surface area (Å²) < 4.78 is 0. The zero-order chi connectivity index (χ0) is 13.0. The third kappa shape index (κ3) is 3.17. The average Bonchev–Trinajstić information content (AvgIpc) is 2.39. The van der Waals surface area contributed by atoms with Crippen molar-refractivity contribution >= 4 is 23.2 Å². The van der Waals surface area contributed by atoms with Crippen molar-refractivity contribution in [2.24, 2.45) is 5.84 Å². The van der Waals surface area contributed by atoms with Gasteiger partial charge in [-0.3, -0.25) is 11.3 Å². The zero-order valence-electron chi connectivity index (χ0n) is 9.48. The quantitative estimate of drug-likeness (QED) is 0.668. The minimum Gasteiger partial charge on any atom is -0.271 e. The number of nitrogens with zero attached hydrogens (tertiary/aromatic N) is 2. The van der Waals surface area contributed by atoms with Crippen molar-refractivity contribution in [1.29, 1.82) is 0 Å². The van der Waals surface area contributed by atoms with Crippen molar-refractivity contribution in [2.45, 2.75) is 12.5 Å². The first-order valence-corrected chi connectivity index (χ1v) is 6.11. The van der Waals surface area contributed by atoms with Gasteiger partial charge in [0.2, 0.25) is 0 Å². The standard InChI is InChI=1S/C12H12Cl2N4/c13-10-2-1-8(11(14)4-10)3-12(18-15)9-5-16-7-17-6-9/h1-2,4-7,12,18H,3,15H2. The van der Waals surface area contributed by atoms with Crippen LogP contribution in [-0.4, -0.2) is 9.97 Å². The highest BCUT2D eigenvalue weighted by Crippen LogP contribution is 2.25. The monoisotopic (exact) mass is 282 g/mol. The fourth-order valence-corrected chi connectivity index (χ4v) is 2.16. The first kappa shape index (κ1) is 13.2. The highest BCUT2D eigenvalue weighted by atomic mass is 35.5. The second-order valence-corrected chi connectivity index (χ2v) is 4.67. The van der Waals surface area contributed by atoms with E-state index in [0.29, 0.717) is 16.5 Å². The lowest BCUT2D eigenvalue weighted by atomic mass is 10.0. The van der Waals surface area contributed by atoms with E-state index < -0.39 is 0 Å². The van der Waals surface area contributed by atoms with Crippen LogP contribution in [0.5, 0.6) is 0 Å². The minimum absolute atomic E-state index is 0.0927. The lowest BCUT2D eigenvalue weighted by Crippen LogP contribution is -2.29. The number of aromatic nitrogens is 2. The Bertz CT molecular complexity index is 519. The van der Waals surface area contributed by atoms with Gasteiger partial charge in [0, 0.05) is 28.0 Å². The fourth-order valence-electron chi connectivity index (χ4n) is 1.67. The minimum atomic E-state index is -0.0927. The molecule has 0 aliphatic heterocycles. The molecule has 0 aliphatic rings. The zero-order valence-corrected chi connectivity index (χ0v) is 11.0. The molecule has 0 saturated carbocycles. The summed E-state index contributed by atoms with van der Waals surface area (Å²) >= 11 is 12.0. The molecule has 0 fully saturated rings. The summed E-state index contributed by atoms with van der Waals surface area (Å²) in [5, 5.41) is 1.24. The van der Waals surface area contributed by atoms with Crippen LogP contribution >= 0.6 is 23.2 Å². The molecular formula is C12H12Cl2N4. The molecule has 1 heterocycles. The van der Waals surface area contributed by atoms with Crippen LogP contribution in [0.3, 0.4) is 0 Å². The third-order valence-electron chi connectivity index (χ3n) is 2.62. The van der Waals surface area contributed by atoms with Crippen molar-refractivity contribution in [3.8, 4) is 0 Å². The van der Waals surface area contributed by atoms with Crippen molar-refractivity contribution < 1.29 is 0 Å². The van der Waals surface area contributed by atoms with Crippen molar-refractivity contribution in [2.75, 3.05) is 0 Å². The second-order valence-electron chi connectivity index (χ2n) is 3.83. The lowest BCUT2D eigenvalue weighted by molar-refractivity contribution is 0.548. The molecule has 1 unspecified atom stereocenters. The first-order valence-electron chi connectivity index (χ1n) is 5.35. The summed E-state index contributed by atoms with van der Waals surface area (Å²) in [4.78, 5) is 7.94. The van der Waals surface area contributed by atoms with Crippen molar-refractivity contribution in [1.82, 2.24) is 15.4 Å². The van der Waals surface area contributed by atoms with Gasteiger partial charge >= 0.3 is 0 Å². The third-order valence-corrected chi connectivity index (χ3v) is 3.21. The number of halogens is 2. The van der Waals surface area contributed by atoms with Gasteiger partial charge in [-0.15, -0.1) is 0 Å². The van der Waals surface area contributed by atoms with E-state index >= 15 is 0 Å². The highest BCUT2D eigenvalue weighted by Gasteiger charge is 2.13. The Morgan fingerprint density at radius 1 is 1.22 bits per heavy atom. The Morgan fingerprint density at radius 3 is 2.56 bits per heavy atom. The van der Waals surface area contributed by atoms with Gasteiger partial charge in [0.15, 0.2) is 0 Å². The number of nitrogens with one attached hydrogen (secondary N) is 1. The van der Waals surface area contributed by atoms with Gasteiger partial charge in [-0.25, -0.2) is 9.97 Å². The van der Waals surface area contributed by atoms with Crippen LogP contribution in [-0.2, 0) is 6.42 Å². The van der Waals surface area contributed by atoms with E-state index in [1.54, 1.807) is 24.5 Å². The van der Waals surface area contributed by atoms with Gasteiger partial charge in [-0.05, 0) is 24.1 Å². The Morgan fingerprint density at radius 2 is 1.94 bits per heavy atom. The van der Waals surface area contributed by atoms with Crippen LogP contribution in [0.15, 0.2) is 36.9 Å². The number of hydrogen-bond donors (Lipinski definition) is 2. The first-order chi connectivity index (χ1) is 8.70. The number of nitrogens with two attached hydrogens (primary N) is 1. The molecule has 3 N–H and O–H groups in total. The number of hydrogen-bond acceptors (Lipinski definition) is 4. The maximum Gasteiger partial charge on any atom is 0.115 e. The fraction of sp³-hybridized carbons (Fsp3) is 0.167. The second kappa shape index (κ2) is 6.11. The molecule has 6 heteroatoms. The smallest absolute Gasteiger partial charge is 0.115 e. The van der Waals surface area contributed by atoms with E-state index in [2.05, 4.69) is 15.4 Å². The van der Waals surface area contributed by atoms with Gasteiger partial charge in [0.1, 0.15) is 6.33 Å². The highest BCUT2D eigenvalue weighted by molar-refractivity contribution is 6.35.